The van der Waals surface area contributed by atoms with Crippen LogP contribution in [-0.2, 0) is 0 Å². The molecular formula is C17H13N5O. The molecule has 112 valence electrons. The van der Waals surface area contributed by atoms with Gasteiger partial charge in [-0.05, 0) is 24.3 Å². The molecule has 0 saturated carbocycles. The molecule has 0 aliphatic carbocycles. The van der Waals surface area contributed by atoms with Crippen LogP contribution < -0.4 is 10.6 Å². The van der Waals surface area contributed by atoms with Crippen LogP contribution in [0.25, 0.3) is 10.9 Å². The number of aromatic nitrogens is 2. The first-order valence-corrected chi connectivity index (χ1v) is 6.97. The van der Waals surface area contributed by atoms with Crippen LogP contribution in [0.15, 0.2) is 48.5 Å². The van der Waals surface area contributed by atoms with E-state index in [1.54, 1.807) is 25.2 Å². The van der Waals surface area contributed by atoms with Gasteiger partial charge in [-0.2, -0.15) is 5.26 Å². The Hall–Kier alpha value is -3.46. The van der Waals surface area contributed by atoms with Gasteiger partial charge in [0.1, 0.15) is 6.07 Å². The highest BCUT2D eigenvalue weighted by Crippen LogP contribution is 2.27. The van der Waals surface area contributed by atoms with Crippen LogP contribution in [0.5, 0.6) is 0 Å². The third-order valence-electron chi connectivity index (χ3n) is 3.39. The van der Waals surface area contributed by atoms with Gasteiger partial charge in [0.2, 0.25) is 0 Å². The third kappa shape index (κ3) is 2.80. The Balaban J connectivity index is 2.08. The quantitative estimate of drug-likeness (QED) is 0.776. The Kier molecular flexibility index (Phi) is 3.85. The molecule has 0 atom stereocenters. The minimum Gasteiger partial charge on any atom is -0.355 e. The molecule has 0 bridgehead atoms. The van der Waals surface area contributed by atoms with Crippen molar-refractivity contribution in [3.8, 4) is 6.07 Å². The van der Waals surface area contributed by atoms with Crippen molar-refractivity contribution in [2.75, 3.05) is 12.4 Å². The summed E-state index contributed by atoms with van der Waals surface area (Å²) in [5.41, 5.74) is 2.70. The van der Waals surface area contributed by atoms with Gasteiger partial charge in [0.05, 0.1) is 11.2 Å². The number of amides is 1. The van der Waals surface area contributed by atoms with Gasteiger partial charge in [0.25, 0.3) is 5.91 Å². The van der Waals surface area contributed by atoms with E-state index in [1.165, 1.54) is 0 Å². The lowest BCUT2D eigenvalue weighted by Gasteiger charge is -2.11. The molecule has 6 heteroatoms. The first-order chi connectivity index (χ1) is 11.2. The Morgan fingerprint density at radius 1 is 1.13 bits per heavy atom. The van der Waals surface area contributed by atoms with Crippen molar-refractivity contribution in [3.05, 3.63) is 59.8 Å². The number of benzene rings is 2. The fraction of sp³-hybridized carbons (Fsp3) is 0.0588. The average molecular weight is 303 g/mol. The SMILES string of the molecule is CNC(=O)c1cccc(Nc2c(C#N)nnc3ccccc23)c1. The molecule has 3 rings (SSSR count). The lowest BCUT2D eigenvalue weighted by atomic mass is 10.1. The summed E-state index contributed by atoms with van der Waals surface area (Å²) >= 11 is 0. The molecule has 0 aliphatic rings. The fourth-order valence-corrected chi connectivity index (χ4v) is 2.29. The molecule has 0 radical (unpaired) electrons. The van der Waals surface area contributed by atoms with Crippen molar-refractivity contribution in [3.63, 3.8) is 0 Å². The number of fused-ring (bicyclic) bond motifs is 1. The van der Waals surface area contributed by atoms with Gasteiger partial charge < -0.3 is 10.6 Å². The zero-order chi connectivity index (χ0) is 16.2. The van der Waals surface area contributed by atoms with Crippen LogP contribution in [0.3, 0.4) is 0 Å². The molecule has 1 aromatic heterocycles. The molecule has 0 aliphatic heterocycles. The molecule has 0 saturated heterocycles. The second-order valence-corrected chi connectivity index (χ2v) is 4.84. The molecule has 23 heavy (non-hydrogen) atoms. The van der Waals surface area contributed by atoms with Crippen LogP contribution in [0.1, 0.15) is 16.1 Å². The van der Waals surface area contributed by atoms with E-state index >= 15 is 0 Å². The number of nitriles is 1. The van der Waals surface area contributed by atoms with E-state index in [1.807, 2.05) is 36.4 Å². The number of carbonyl (C=O) groups excluding carboxylic acids is 1. The number of carbonyl (C=O) groups is 1. The summed E-state index contributed by atoms with van der Waals surface area (Å²) in [4.78, 5) is 11.7. The smallest absolute Gasteiger partial charge is 0.251 e. The van der Waals surface area contributed by atoms with Crippen LogP contribution >= 0.6 is 0 Å². The molecule has 2 N–H and O–H groups in total. The minimum absolute atomic E-state index is 0.174. The number of hydrogen-bond donors (Lipinski definition) is 2. The highest BCUT2D eigenvalue weighted by molar-refractivity contribution is 5.97. The predicted molar refractivity (Wildman–Crippen MR) is 87.4 cm³/mol. The average Bonchev–Trinajstić information content (AvgIpc) is 2.61. The van der Waals surface area contributed by atoms with E-state index in [0.29, 0.717) is 22.5 Å². The largest absolute Gasteiger partial charge is 0.355 e. The van der Waals surface area contributed by atoms with E-state index in [4.69, 9.17) is 0 Å². The van der Waals surface area contributed by atoms with Crippen LogP contribution in [0.2, 0.25) is 0 Å². The van der Waals surface area contributed by atoms with Crippen molar-refractivity contribution in [1.29, 1.82) is 5.26 Å². The van der Waals surface area contributed by atoms with Gasteiger partial charge in [-0.3, -0.25) is 4.79 Å². The zero-order valence-corrected chi connectivity index (χ0v) is 12.4. The molecule has 1 amide bonds. The van der Waals surface area contributed by atoms with E-state index in [9.17, 15) is 10.1 Å². The molecule has 0 spiro atoms. The second-order valence-electron chi connectivity index (χ2n) is 4.84. The monoisotopic (exact) mass is 303 g/mol. The van der Waals surface area contributed by atoms with Gasteiger partial charge in [-0.1, -0.05) is 24.3 Å². The van der Waals surface area contributed by atoms with Crippen molar-refractivity contribution in [1.82, 2.24) is 15.5 Å². The molecule has 0 unspecified atom stereocenters. The van der Waals surface area contributed by atoms with Crippen molar-refractivity contribution in [2.24, 2.45) is 0 Å². The molecule has 0 fully saturated rings. The number of nitrogens with zero attached hydrogens (tertiary/aromatic N) is 3. The fourth-order valence-electron chi connectivity index (χ4n) is 2.29. The highest BCUT2D eigenvalue weighted by Gasteiger charge is 2.11. The number of rotatable bonds is 3. The van der Waals surface area contributed by atoms with Crippen LogP contribution in [0.4, 0.5) is 11.4 Å². The second kappa shape index (κ2) is 6.12. The molecular weight excluding hydrogens is 290 g/mol. The molecule has 3 aromatic rings. The van der Waals surface area contributed by atoms with E-state index in [2.05, 4.69) is 20.8 Å². The maximum absolute atomic E-state index is 11.7. The zero-order valence-electron chi connectivity index (χ0n) is 12.4. The van der Waals surface area contributed by atoms with E-state index in [-0.39, 0.29) is 11.6 Å². The topological polar surface area (TPSA) is 90.7 Å². The van der Waals surface area contributed by atoms with Crippen molar-refractivity contribution >= 4 is 28.2 Å². The number of hydrogen-bond acceptors (Lipinski definition) is 5. The highest BCUT2D eigenvalue weighted by atomic mass is 16.1. The summed E-state index contributed by atoms with van der Waals surface area (Å²) in [6.45, 7) is 0. The third-order valence-corrected chi connectivity index (χ3v) is 3.39. The van der Waals surface area contributed by atoms with Gasteiger partial charge in [-0.25, -0.2) is 0 Å². The summed E-state index contributed by atoms with van der Waals surface area (Å²) in [5, 5.41) is 23.8. The lowest BCUT2D eigenvalue weighted by Crippen LogP contribution is -2.17. The standard InChI is InChI=1S/C17H13N5O/c1-19-17(23)11-5-4-6-12(9-11)20-16-13-7-2-3-8-14(13)21-22-15(16)10-18/h2-9H,1H3,(H,19,23)(H,20,21). The number of anilines is 2. The van der Waals surface area contributed by atoms with Gasteiger partial charge >= 0.3 is 0 Å². The predicted octanol–water partition coefficient (Wildman–Crippen LogP) is 2.60. The molecule has 2 aromatic carbocycles. The first kappa shape index (κ1) is 14.5. The summed E-state index contributed by atoms with van der Waals surface area (Å²) in [6, 6.07) is 16.5. The summed E-state index contributed by atoms with van der Waals surface area (Å²) in [7, 11) is 1.58. The van der Waals surface area contributed by atoms with E-state index in [0.717, 1.165) is 5.39 Å². The first-order valence-electron chi connectivity index (χ1n) is 6.97. The Morgan fingerprint density at radius 2 is 1.96 bits per heavy atom. The van der Waals surface area contributed by atoms with Gasteiger partial charge in [-0.15, -0.1) is 10.2 Å². The Bertz CT molecular complexity index is 930. The maximum Gasteiger partial charge on any atom is 0.251 e. The summed E-state index contributed by atoms with van der Waals surface area (Å²) < 4.78 is 0. The van der Waals surface area contributed by atoms with E-state index < -0.39 is 0 Å². The summed E-state index contributed by atoms with van der Waals surface area (Å²) in [6.07, 6.45) is 0. The molecule has 6 nitrogen and oxygen atoms in total. The lowest BCUT2D eigenvalue weighted by molar-refractivity contribution is 0.0963. The normalized spacial score (nSPS) is 10.1. The Labute approximate surface area is 132 Å². The summed E-state index contributed by atoms with van der Waals surface area (Å²) in [5.74, 6) is -0.174. The van der Waals surface area contributed by atoms with Crippen LogP contribution in [-0.4, -0.2) is 23.2 Å². The van der Waals surface area contributed by atoms with Gasteiger partial charge in [0, 0.05) is 23.7 Å². The minimum atomic E-state index is -0.174. The molecule has 1 heterocycles. The maximum atomic E-state index is 11.7. The van der Waals surface area contributed by atoms with Crippen LogP contribution in [0, 0.1) is 11.3 Å². The van der Waals surface area contributed by atoms with Crippen molar-refractivity contribution < 1.29 is 4.79 Å². The van der Waals surface area contributed by atoms with Gasteiger partial charge in [0.15, 0.2) is 5.69 Å². The number of nitrogens with one attached hydrogen (secondary N) is 2. The van der Waals surface area contributed by atoms with Crippen molar-refractivity contribution in [2.45, 2.75) is 0 Å². The Morgan fingerprint density at radius 3 is 2.74 bits per heavy atom.